The average Bonchev–Trinajstić information content (AvgIpc) is 2.41. The maximum atomic E-state index is 9.02. The van der Waals surface area contributed by atoms with Crippen molar-refractivity contribution in [2.45, 2.75) is 46.5 Å². The molecular formula is C16H22N2O. The van der Waals surface area contributed by atoms with Gasteiger partial charge in [-0.3, -0.25) is 0 Å². The van der Waals surface area contributed by atoms with Gasteiger partial charge >= 0.3 is 0 Å². The van der Waals surface area contributed by atoms with Gasteiger partial charge in [0.05, 0.1) is 12.1 Å². The molecule has 0 aliphatic carbocycles. The summed E-state index contributed by atoms with van der Waals surface area (Å²) >= 11 is 0. The van der Waals surface area contributed by atoms with E-state index in [0.717, 1.165) is 29.5 Å². The zero-order valence-electron chi connectivity index (χ0n) is 12.2. The number of hydrogen-bond acceptors (Lipinski definition) is 3. The van der Waals surface area contributed by atoms with E-state index in [1.807, 2.05) is 0 Å². The molecule has 0 fully saturated rings. The van der Waals surface area contributed by atoms with Crippen LogP contribution in [-0.4, -0.2) is 11.7 Å². The van der Waals surface area contributed by atoms with E-state index in [1.54, 1.807) is 6.92 Å². The Labute approximate surface area is 116 Å². The molecule has 0 unspecified atom stereocenters. The maximum Gasteiger partial charge on any atom is 0.158 e. The van der Waals surface area contributed by atoms with Crippen LogP contribution in [0, 0.1) is 29.6 Å². The number of nitriles is 2. The van der Waals surface area contributed by atoms with Crippen LogP contribution in [0.25, 0.3) is 0 Å². The van der Waals surface area contributed by atoms with Gasteiger partial charge in [-0.2, -0.15) is 10.5 Å². The number of aryl methyl sites for hydroxylation is 3. The van der Waals surface area contributed by atoms with E-state index < -0.39 is 5.92 Å². The van der Waals surface area contributed by atoms with Crippen molar-refractivity contribution < 1.29 is 5.11 Å². The highest BCUT2D eigenvalue weighted by atomic mass is 16.2. The van der Waals surface area contributed by atoms with Gasteiger partial charge in [-0.1, -0.05) is 31.5 Å². The molecule has 0 amide bonds. The third-order valence-corrected chi connectivity index (χ3v) is 2.80. The van der Waals surface area contributed by atoms with E-state index in [-0.39, 0.29) is 6.61 Å². The number of benzene rings is 1. The highest BCUT2D eigenvalue weighted by molar-refractivity contribution is 5.46. The smallest absolute Gasteiger partial charge is 0.158 e. The highest BCUT2D eigenvalue weighted by Crippen LogP contribution is 2.26. The van der Waals surface area contributed by atoms with E-state index in [0.29, 0.717) is 0 Å². The summed E-state index contributed by atoms with van der Waals surface area (Å²) in [6, 6.07) is 8.31. The van der Waals surface area contributed by atoms with Gasteiger partial charge in [-0.15, -0.1) is 0 Å². The molecule has 0 saturated carbocycles. The first-order valence-electron chi connectivity index (χ1n) is 6.61. The van der Waals surface area contributed by atoms with E-state index in [4.69, 9.17) is 15.6 Å². The molecular weight excluding hydrogens is 236 g/mol. The van der Waals surface area contributed by atoms with E-state index in [2.05, 4.69) is 45.0 Å². The summed E-state index contributed by atoms with van der Waals surface area (Å²) in [6.45, 7) is 8.10. The van der Waals surface area contributed by atoms with Gasteiger partial charge < -0.3 is 5.11 Å². The standard InChI is InChI=1S/C14H16N2.C2H6O/c1-4-11-6-10(3)7-12(5-2)14(11)13(8-15)9-16;1-2-3/h6-7,13H,4-5H2,1-3H3;3H,2H2,1H3. The van der Waals surface area contributed by atoms with Gasteiger partial charge in [0.1, 0.15) is 0 Å². The van der Waals surface area contributed by atoms with Gasteiger partial charge in [0.25, 0.3) is 0 Å². The van der Waals surface area contributed by atoms with Crippen molar-refractivity contribution in [1.82, 2.24) is 0 Å². The quantitative estimate of drug-likeness (QED) is 0.904. The Kier molecular flexibility index (Phi) is 8.25. The second-order valence-electron chi connectivity index (χ2n) is 4.21. The first-order valence-corrected chi connectivity index (χ1v) is 6.61. The molecule has 1 rings (SSSR count). The Bertz CT molecular complexity index is 441. The largest absolute Gasteiger partial charge is 0.397 e. The molecule has 102 valence electrons. The molecule has 3 nitrogen and oxygen atoms in total. The Morgan fingerprint density at radius 2 is 1.42 bits per heavy atom. The maximum absolute atomic E-state index is 9.02. The van der Waals surface area contributed by atoms with Crippen molar-refractivity contribution in [3.8, 4) is 12.1 Å². The fourth-order valence-corrected chi connectivity index (χ4v) is 2.07. The molecule has 3 heteroatoms. The van der Waals surface area contributed by atoms with Gasteiger partial charge in [-0.05, 0) is 43.4 Å². The molecule has 1 aromatic carbocycles. The fraction of sp³-hybridized carbons (Fsp3) is 0.500. The molecule has 1 aromatic rings. The normalized spacial score (nSPS) is 9.26. The van der Waals surface area contributed by atoms with E-state index >= 15 is 0 Å². The minimum atomic E-state index is -0.634. The Morgan fingerprint density at radius 3 is 1.68 bits per heavy atom. The third-order valence-electron chi connectivity index (χ3n) is 2.80. The van der Waals surface area contributed by atoms with Crippen molar-refractivity contribution in [2.24, 2.45) is 0 Å². The summed E-state index contributed by atoms with van der Waals surface area (Å²) in [4.78, 5) is 0. The van der Waals surface area contributed by atoms with Crippen LogP contribution in [0.2, 0.25) is 0 Å². The first-order chi connectivity index (χ1) is 9.09. The lowest BCUT2D eigenvalue weighted by atomic mass is 9.87. The lowest BCUT2D eigenvalue weighted by Crippen LogP contribution is -2.04. The fourth-order valence-electron chi connectivity index (χ4n) is 2.07. The molecule has 1 N–H and O–H groups in total. The Balaban J connectivity index is 0.000000982. The van der Waals surface area contributed by atoms with Crippen LogP contribution < -0.4 is 0 Å². The lowest BCUT2D eigenvalue weighted by molar-refractivity contribution is 0.318. The van der Waals surface area contributed by atoms with Crippen molar-refractivity contribution in [3.05, 3.63) is 34.4 Å². The van der Waals surface area contributed by atoms with Gasteiger partial charge in [-0.25, -0.2) is 0 Å². The molecule has 0 atom stereocenters. The summed E-state index contributed by atoms with van der Waals surface area (Å²) in [5.41, 5.74) is 4.39. The summed E-state index contributed by atoms with van der Waals surface area (Å²) in [7, 11) is 0. The minimum Gasteiger partial charge on any atom is -0.397 e. The second-order valence-corrected chi connectivity index (χ2v) is 4.21. The summed E-state index contributed by atoms with van der Waals surface area (Å²) in [5, 5.41) is 25.6. The van der Waals surface area contributed by atoms with Crippen molar-refractivity contribution in [3.63, 3.8) is 0 Å². The number of rotatable bonds is 3. The molecule has 19 heavy (non-hydrogen) atoms. The molecule has 0 heterocycles. The SMILES string of the molecule is CCO.CCc1cc(C)cc(CC)c1C(C#N)C#N. The number of aliphatic hydroxyl groups is 1. The monoisotopic (exact) mass is 258 g/mol. The molecule has 0 aromatic heterocycles. The topological polar surface area (TPSA) is 67.8 Å². The second kappa shape index (κ2) is 9.14. The van der Waals surface area contributed by atoms with Crippen molar-refractivity contribution >= 4 is 0 Å². The first kappa shape index (κ1) is 17.2. The molecule has 0 aliphatic rings. The van der Waals surface area contributed by atoms with Crippen LogP contribution in [0.1, 0.15) is 48.9 Å². The van der Waals surface area contributed by atoms with Crippen LogP contribution in [0.3, 0.4) is 0 Å². The predicted molar refractivity (Wildman–Crippen MR) is 76.7 cm³/mol. The number of aliphatic hydroxyl groups excluding tert-OH is 1. The van der Waals surface area contributed by atoms with Crippen LogP contribution in [0.4, 0.5) is 0 Å². The lowest BCUT2D eigenvalue weighted by Gasteiger charge is -2.14. The van der Waals surface area contributed by atoms with Gasteiger partial charge in [0.15, 0.2) is 5.92 Å². The molecule has 0 saturated heterocycles. The van der Waals surface area contributed by atoms with E-state index in [9.17, 15) is 0 Å². The average molecular weight is 258 g/mol. The third kappa shape index (κ3) is 4.73. The molecule has 0 radical (unpaired) electrons. The van der Waals surface area contributed by atoms with Crippen LogP contribution in [0.5, 0.6) is 0 Å². The Hall–Kier alpha value is -1.84. The number of nitrogens with zero attached hydrogens (tertiary/aromatic N) is 2. The molecule has 0 bridgehead atoms. The van der Waals surface area contributed by atoms with Gasteiger partial charge in [0, 0.05) is 6.61 Å². The van der Waals surface area contributed by atoms with E-state index in [1.165, 1.54) is 5.56 Å². The highest BCUT2D eigenvalue weighted by Gasteiger charge is 2.17. The molecule has 0 aliphatic heterocycles. The summed E-state index contributed by atoms with van der Waals surface area (Å²) in [6.07, 6.45) is 1.73. The number of hydrogen-bond donors (Lipinski definition) is 1. The zero-order valence-corrected chi connectivity index (χ0v) is 12.2. The van der Waals surface area contributed by atoms with Crippen LogP contribution in [0.15, 0.2) is 12.1 Å². The summed E-state index contributed by atoms with van der Waals surface area (Å²) < 4.78 is 0. The summed E-state index contributed by atoms with van der Waals surface area (Å²) in [5.74, 6) is -0.634. The van der Waals surface area contributed by atoms with Crippen LogP contribution >= 0.6 is 0 Å². The van der Waals surface area contributed by atoms with Crippen LogP contribution in [-0.2, 0) is 12.8 Å². The molecule has 0 spiro atoms. The minimum absolute atomic E-state index is 0.250. The zero-order chi connectivity index (χ0) is 14.8. The Morgan fingerprint density at radius 1 is 1.05 bits per heavy atom. The van der Waals surface area contributed by atoms with Crippen molar-refractivity contribution in [2.75, 3.05) is 6.61 Å². The predicted octanol–water partition coefficient (Wildman–Crippen LogP) is 3.25. The van der Waals surface area contributed by atoms with Gasteiger partial charge in [0.2, 0.25) is 0 Å². The van der Waals surface area contributed by atoms with Crippen molar-refractivity contribution in [1.29, 1.82) is 10.5 Å².